The fraction of sp³-hybridized carbons (Fsp3) is 0.200. The molecule has 54 valence electrons. The third-order valence-electron chi connectivity index (χ3n) is 1.15. The number of carbonyl (C=O) groups is 1. The van der Waals surface area contributed by atoms with E-state index in [2.05, 4.69) is 10.2 Å². The second-order valence-electron chi connectivity index (χ2n) is 1.82. The standard InChI is InChI=1S/C5H5IN2O2/c1-2-3(5(9)10)7-8-4(2)6/h1H3,(H,7,8)(H,9,10). The van der Waals surface area contributed by atoms with Crippen molar-refractivity contribution >= 4 is 28.6 Å². The Kier molecular flexibility index (Phi) is 1.93. The van der Waals surface area contributed by atoms with Crippen LogP contribution in [0.4, 0.5) is 0 Å². The quantitative estimate of drug-likeness (QED) is 0.733. The predicted octanol–water partition coefficient (Wildman–Crippen LogP) is 1.02. The lowest BCUT2D eigenvalue weighted by molar-refractivity contribution is 0.0689. The first-order valence-electron chi connectivity index (χ1n) is 2.56. The van der Waals surface area contributed by atoms with Gasteiger partial charge < -0.3 is 5.11 Å². The van der Waals surface area contributed by atoms with Gasteiger partial charge in [-0.15, -0.1) is 0 Å². The highest BCUT2D eigenvalue weighted by Gasteiger charge is 2.12. The van der Waals surface area contributed by atoms with Gasteiger partial charge in [0.2, 0.25) is 0 Å². The Hall–Kier alpha value is -0.590. The number of rotatable bonds is 1. The molecule has 1 heterocycles. The highest BCUT2D eigenvalue weighted by atomic mass is 127. The Bertz CT molecular complexity index is 269. The monoisotopic (exact) mass is 252 g/mol. The number of carboxylic acids is 1. The van der Waals surface area contributed by atoms with Gasteiger partial charge in [0, 0.05) is 5.56 Å². The summed E-state index contributed by atoms with van der Waals surface area (Å²) in [7, 11) is 0. The zero-order chi connectivity index (χ0) is 7.72. The Balaban J connectivity index is 3.17. The predicted molar refractivity (Wildman–Crippen MR) is 43.0 cm³/mol. The van der Waals surface area contributed by atoms with Crippen molar-refractivity contribution in [3.8, 4) is 0 Å². The second kappa shape index (κ2) is 2.57. The summed E-state index contributed by atoms with van der Waals surface area (Å²) in [6.45, 7) is 1.72. The molecule has 0 spiro atoms. The molecule has 0 fully saturated rings. The molecule has 4 nitrogen and oxygen atoms in total. The summed E-state index contributed by atoms with van der Waals surface area (Å²) in [6.07, 6.45) is 0. The van der Waals surface area contributed by atoms with E-state index in [9.17, 15) is 4.79 Å². The van der Waals surface area contributed by atoms with Gasteiger partial charge in [0.15, 0.2) is 5.69 Å². The maximum Gasteiger partial charge on any atom is 0.356 e. The van der Waals surface area contributed by atoms with E-state index in [-0.39, 0.29) is 5.69 Å². The fourth-order valence-corrected chi connectivity index (χ4v) is 0.961. The van der Waals surface area contributed by atoms with Crippen LogP contribution in [0.5, 0.6) is 0 Å². The normalized spacial score (nSPS) is 9.80. The minimum absolute atomic E-state index is 0.101. The Morgan fingerprint density at radius 1 is 1.80 bits per heavy atom. The van der Waals surface area contributed by atoms with Crippen molar-refractivity contribution in [2.24, 2.45) is 0 Å². The number of aromatic nitrogens is 2. The number of aromatic carboxylic acids is 1. The zero-order valence-corrected chi connectivity index (χ0v) is 7.34. The van der Waals surface area contributed by atoms with Crippen LogP contribution in [0.3, 0.4) is 0 Å². The number of hydrogen-bond acceptors (Lipinski definition) is 2. The van der Waals surface area contributed by atoms with Gasteiger partial charge in [0.1, 0.15) is 0 Å². The smallest absolute Gasteiger partial charge is 0.356 e. The molecule has 0 amide bonds. The van der Waals surface area contributed by atoms with Gasteiger partial charge in [-0.05, 0) is 29.5 Å². The van der Waals surface area contributed by atoms with Crippen LogP contribution in [0.25, 0.3) is 0 Å². The topological polar surface area (TPSA) is 66.0 Å². The first-order chi connectivity index (χ1) is 4.63. The van der Waals surface area contributed by atoms with Crippen LogP contribution in [0, 0.1) is 10.6 Å². The molecular formula is C5H5IN2O2. The Morgan fingerprint density at radius 3 is 2.60 bits per heavy atom. The van der Waals surface area contributed by atoms with E-state index in [0.717, 1.165) is 3.70 Å². The van der Waals surface area contributed by atoms with Gasteiger partial charge in [0.25, 0.3) is 0 Å². The van der Waals surface area contributed by atoms with Crippen LogP contribution in [-0.4, -0.2) is 21.3 Å². The van der Waals surface area contributed by atoms with Gasteiger partial charge in [-0.2, -0.15) is 5.10 Å². The Labute approximate surface area is 70.8 Å². The minimum atomic E-state index is -0.989. The maximum absolute atomic E-state index is 10.3. The molecule has 0 radical (unpaired) electrons. The Morgan fingerprint density at radius 2 is 2.40 bits per heavy atom. The summed E-state index contributed by atoms with van der Waals surface area (Å²) in [5.74, 6) is -0.989. The average molecular weight is 252 g/mol. The van der Waals surface area contributed by atoms with Crippen molar-refractivity contribution in [1.82, 2.24) is 10.2 Å². The molecule has 0 atom stereocenters. The van der Waals surface area contributed by atoms with Crippen molar-refractivity contribution in [2.45, 2.75) is 6.92 Å². The number of hydrogen-bond donors (Lipinski definition) is 2. The third-order valence-corrected chi connectivity index (χ3v) is 2.20. The maximum atomic E-state index is 10.3. The number of halogens is 1. The number of H-pyrrole nitrogens is 1. The first kappa shape index (κ1) is 7.52. The lowest BCUT2D eigenvalue weighted by Crippen LogP contribution is -1.98. The van der Waals surface area contributed by atoms with Gasteiger partial charge >= 0.3 is 5.97 Å². The van der Waals surface area contributed by atoms with Gasteiger partial charge in [-0.1, -0.05) is 0 Å². The zero-order valence-electron chi connectivity index (χ0n) is 5.18. The van der Waals surface area contributed by atoms with E-state index >= 15 is 0 Å². The van der Waals surface area contributed by atoms with E-state index in [4.69, 9.17) is 5.11 Å². The summed E-state index contributed by atoms with van der Waals surface area (Å²) in [6, 6.07) is 0. The van der Waals surface area contributed by atoms with Crippen molar-refractivity contribution in [1.29, 1.82) is 0 Å². The van der Waals surface area contributed by atoms with E-state index in [1.165, 1.54) is 0 Å². The van der Waals surface area contributed by atoms with Crippen LogP contribution in [0.1, 0.15) is 16.1 Å². The number of nitrogens with one attached hydrogen (secondary N) is 1. The van der Waals surface area contributed by atoms with Crippen LogP contribution in [-0.2, 0) is 0 Å². The molecule has 10 heavy (non-hydrogen) atoms. The number of carboxylic acid groups (broad SMARTS) is 1. The lowest BCUT2D eigenvalue weighted by atomic mass is 10.3. The van der Waals surface area contributed by atoms with Gasteiger partial charge in [0.05, 0.1) is 3.70 Å². The van der Waals surface area contributed by atoms with E-state index < -0.39 is 5.97 Å². The van der Waals surface area contributed by atoms with Crippen LogP contribution in [0.2, 0.25) is 0 Å². The van der Waals surface area contributed by atoms with Crippen LogP contribution in [0.15, 0.2) is 0 Å². The summed E-state index contributed by atoms with van der Waals surface area (Å²) in [5.41, 5.74) is 0.789. The molecule has 0 saturated carbocycles. The average Bonchev–Trinajstić information content (AvgIpc) is 2.14. The largest absolute Gasteiger partial charge is 0.476 e. The van der Waals surface area contributed by atoms with E-state index in [0.29, 0.717) is 5.56 Å². The number of nitrogens with zero attached hydrogens (tertiary/aromatic N) is 1. The number of aromatic amines is 1. The first-order valence-corrected chi connectivity index (χ1v) is 3.64. The highest BCUT2D eigenvalue weighted by molar-refractivity contribution is 14.1. The molecule has 0 bridgehead atoms. The molecule has 0 unspecified atom stereocenters. The van der Waals surface area contributed by atoms with Gasteiger partial charge in [-0.3, -0.25) is 5.10 Å². The molecule has 1 aromatic heterocycles. The SMILES string of the molecule is Cc1c(C(=O)O)n[nH]c1I. The minimum Gasteiger partial charge on any atom is -0.476 e. The molecular weight excluding hydrogens is 247 g/mol. The highest BCUT2D eigenvalue weighted by Crippen LogP contribution is 2.10. The van der Waals surface area contributed by atoms with Gasteiger partial charge in [-0.25, -0.2) is 4.79 Å². The van der Waals surface area contributed by atoms with Crippen molar-refractivity contribution in [3.63, 3.8) is 0 Å². The molecule has 5 heteroatoms. The summed E-state index contributed by atoms with van der Waals surface area (Å²) in [5, 5.41) is 14.6. The van der Waals surface area contributed by atoms with Crippen molar-refractivity contribution in [2.75, 3.05) is 0 Å². The van der Waals surface area contributed by atoms with Crippen LogP contribution < -0.4 is 0 Å². The molecule has 1 rings (SSSR count). The summed E-state index contributed by atoms with van der Waals surface area (Å²) in [4.78, 5) is 10.3. The third kappa shape index (κ3) is 1.13. The molecule has 0 aliphatic rings. The summed E-state index contributed by atoms with van der Waals surface area (Å²) >= 11 is 2.00. The molecule has 1 aromatic rings. The van der Waals surface area contributed by atoms with Crippen molar-refractivity contribution in [3.05, 3.63) is 15.0 Å². The van der Waals surface area contributed by atoms with Crippen molar-refractivity contribution < 1.29 is 9.90 Å². The van der Waals surface area contributed by atoms with E-state index in [1.54, 1.807) is 6.92 Å². The molecule has 0 aliphatic heterocycles. The fourth-order valence-electron chi connectivity index (χ4n) is 0.585. The summed E-state index contributed by atoms with van der Waals surface area (Å²) < 4.78 is 0.773. The molecule has 0 aromatic carbocycles. The second-order valence-corrected chi connectivity index (χ2v) is 2.90. The van der Waals surface area contributed by atoms with E-state index in [1.807, 2.05) is 22.6 Å². The molecule has 2 N–H and O–H groups in total. The lowest BCUT2D eigenvalue weighted by Gasteiger charge is -1.86. The molecule has 0 aliphatic carbocycles. The van der Waals surface area contributed by atoms with Crippen LogP contribution >= 0.6 is 22.6 Å². The molecule has 0 saturated heterocycles.